The van der Waals surface area contributed by atoms with Crippen molar-refractivity contribution in [1.29, 1.82) is 0 Å². The van der Waals surface area contributed by atoms with Gasteiger partial charge in [-0.3, -0.25) is 4.79 Å². The predicted octanol–water partition coefficient (Wildman–Crippen LogP) is 1.65. The lowest BCUT2D eigenvalue weighted by Gasteiger charge is -2.20. The zero-order chi connectivity index (χ0) is 12.0. The Morgan fingerprint density at radius 1 is 1.20 bits per heavy atom. The monoisotopic (exact) mass is 215 g/mol. The number of amides is 1. The van der Waals surface area contributed by atoms with Crippen molar-refractivity contribution in [3.05, 3.63) is 0 Å². The topological polar surface area (TPSA) is 66.4 Å². The van der Waals surface area contributed by atoms with Crippen LogP contribution in [0.1, 0.15) is 40.5 Å². The van der Waals surface area contributed by atoms with Crippen LogP contribution in [-0.4, -0.2) is 23.0 Å². The van der Waals surface area contributed by atoms with Gasteiger partial charge in [0.15, 0.2) is 0 Å². The molecule has 0 aromatic carbocycles. The van der Waals surface area contributed by atoms with Gasteiger partial charge in [-0.2, -0.15) is 0 Å². The summed E-state index contributed by atoms with van der Waals surface area (Å²) in [7, 11) is 0. The molecule has 2 N–H and O–H groups in total. The summed E-state index contributed by atoms with van der Waals surface area (Å²) >= 11 is 0. The summed E-state index contributed by atoms with van der Waals surface area (Å²) in [6, 6.07) is -0.780. The Morgan fingerprint density at radius 3 is 1.93 bits per heavy atom. The van der Waals surface area contributed by atoms with E-state index in [1.54, 1.807) is 13.8 Å². The largest absolute Gasteiger partial charge is 0.480 e. The number of nitrogens with one attached hydrogen (secondary N) is 1. The molecule has 0 radical (unpaired) electrons. The standard InChI is InChI=1S/C11H21NO3/c1-5-8(6-2)10(13)12-9(7(3)4)11(14)15/h7-9H,5-6H2,1-4H3,(H,12,13)(H,14,15). The van der Waals surface area contributed by atoms with E-state index in [0.717, 1.165) is 12.8 Å². The molecular weight excluding hydrogens is 194 g/mol. The van der Waals surface area contributed by atoms with Crippen molar-refractivity contribution in [2.45, 2.75) is 46.6 Å². The first kappa shape index (κ1) is 13.9. The molecule has 0 saturated carbocycles. The lowest BCUT2D eigenvalue weighted by atomic mass is 9.99. The van der Waals surface area contributed by atoms with Gasteiger partial charge >= 0.3 is 5.97 Å². The molecule has 0 fully saturated rings. The highest BCUT2D eigenvalue weighted by atomic mass is 16.4. The molecule has 88 valence electrons. The Balaban J connectivity index is 4.41. The Morgan fingerprint density at radius 2 is 1.67 bits per heavy atom. The van der Waals surface area contributed by atoms with E-state index in [-0.39, 0.29) is 17.7 Å². The lowest BCUT2D eigenvalue weighted by molar-refractivity contribution is -0.143. The molecule has 0 saturated heterocycles. The van der Waals surface area contributed by atoms with E-state index in [2.05, 4.69) is 5.32 Å². The summed E-state index contributed by atoms with van der Waals surface area (Å²) in [4.78, 5) is 22.5. The second-order valence-electron chi connectivity index (χ2n) is 4.08. The lowest BCUT2D eigenvalue weighted by Crippen LogP contribution is -2.46. The van der Waals surface area contributed by atoms with E-state index in [0.29, 0.717) is 0 Å². The summed E-state index contributed by atoms with van der Waals surface area (Å²) in [5, 5.41) is 11.5. The van der Waals surface area contributed by atoms with Crippen molar-refractivity contribution in [3.63, 3.8) is 0 Å². The second kappa shape index (κ2) is 6.43. The zero-order valence-electron chi connectivity index (χ0n) is 9.91. The van der Waals surface area contributed by atoms with Crippen LogP contribution in [0.25, 0.3) is 0 Å². The van der Waals surface area contributed by atoms with Gasteiger partial charge in [0, 0.05) is 5.92 Å². The quantitative estimate of drug-likeness (QED) is 0.708. The van der Waals surface area contributed by atoms with Crippen LogP contribution in [0.3, 0.4) is 0 Å². The van der Waals surface area contributed by atoms with Crippen molar-refractivity contribution < 1.29 is 14.7 Å². The molecule has 0 spiro atoms. The maximum Gasteiger partial charge on any atom is 0.326 e. The summed E-state index contributed by atoms with van der Waals surface area (Å²) < 4.78 is 0. The van der Waals surface area contributed by atoms with Crippen molar-refractivity contribution in [2.24, 2.45) is 11.8 Å². The van der Waals surface area contributed by atoms with Crippen molar-refractivity contribution in [1.82, 2.24) is 5.32 Å². The number of rotatable bonds is 6. The molecule has 1 atom stereocenters. The third-order valence-electron chi connectivity index (χ3n) is 2.59. The van der Waals surface area contributed by atoms with Gasteiger partial charge in [0.25, 0.3) is 0 Å². The molecule has 0 rings (SSSR count). The SMILES string of the molecule is CCC(CC)C(=O)NC(C(=O)O)C(C)C. The number of carboxylic acids is 1. The summed E-state index contributed by atoms with van der Waals surface area (Å²) in [5.74, 6) is -1.29. The van der Waals surface area contributed by atoms with Crippen LogP contribution in [0.15, 0.2) is 0 Å². The van der Waals surface area contributed by atoms with Gasteiger partial charge in [0.05, 0.1) is 0 Å². The highest BCUT2D eigenvalue weighted by Crippen LogP contribution is 2.09. The van der Waals surface area contributed by atoms with Gasteiger partial charge in [0.1, 0.15) is 6.04 Å². The van der Waals surface area contributed by atoms with Crippen LogP contribution in [0.2, 0.25) is 0 Å². The molecule has 0 bridgehead atoms. The van der Waals surface area contributed by atoms with E-state index in [1.807, 2.05) is 13.8 Å². The van der Waals surface area contributed by atoms with E-state index in [4.69, 9.17) is 5.11 Å². The number of carbonyl (C=O) groups is 2. The molecule has 4 heteroatoms. The van der Waals surface area contributed by atoms with Crippen LogP contribution in [0.4, 0.5) is 0 Å². The maximum atomic E-state index is 11.7. The Bertz CT molecular complexity index is 222. The van der Waals surface area contributed by atoms with E-state index in [9.17, 15) is 9.59 Å². The molecule has 1 amide bonds. The molecule has 0 aliphatic carbocycles. The van der Waals surface area contributed by atoms with Gasteiger partial charge in [-0.1, -0.05) is 27.7 Å². The molecule has 4 nitrogen and oxygen atoms in total. The third-order valence-corrected chi connectivity index (χ3v) is 2.59. The van der Waals surface area contributed by atoms with Gasteiger partial charge in [0.2, 0.25) is 5.91 Å². The Hall–Kier alpha value is -1.06. The van der Waals surface area contributed by atoms with Gasteiger partial charge < -0.3 is 10.4 Å². The average Bonchev–Trinajstić information content (AvgIpc) is 2.15. The summed E-state index contributed by atoms with van der Waals surface area (Å²) in [5.41, 5.74) is 0. The Labute approximate surface area is 91.1 Å². The molecule has 0 aliphatic heterocycles. The number of aliphatic carboxylic acids is 1. The van der Waals surface area contributed by atoms with Crippen LogP contribution < -0.4 is 5.32 Å². The molecule has 0 aromatic rings. The second-order valence-corrected chi connectivity index (χ2v) is 4.08. The van der Waals surface area contributed by atoms with E-state index in [1.165, 1.54) is 0 Å². The number of hydrogen-bond donors (Lipinski definition) is 2. The highest BCUT2D eigenvalue weighted by molar-refractivity contribution is 5.85. The minimum atomic E-state index is -0.968. The van der Waals surface area contributed by atoms with Crippen LogP contribution in [0, 0.1) is 11.8 Å². The third kappa shape index (κ3) is 4.32. The fourth-order valence-corrected chi connectivity index (χ4v) is 1.44. The number of carbonyl (C=O) groups excluding carboxylic acids is 1. The maximum absolute atomic E-state index is 11.7. The van der Waals surface area contributed by atoms with Crippen LogP contribution >= 0.6 is 0 Å². The first-order chi connectivity index (χ1) is 6.93. The average molecular weight is 215 g/mol. The molecule has 1 unspecified atom stereocenters. The summed E-state index contributed by atoms with van der Waals surface area (Å²) in [6.07, 6.45) is 1.49. The number of hydrogen-bond acceptors (Lipinski definition) is 2. The highest BCUT2D eigenvalue weighted by Gasteiger charge is 2.25. The first-order valence-electron chi connectivity index (χ1n) is 5.47. The van der Waals surface area contributed by atoms with Crippen molar-refractivity contribution in [2.75, 3.05) is 0 Å². The predicted molar refractivity (Wildman–Crippen MR) is 58.5 cm³/mol. The van der Waals surface area contributed by atoms with E-state index >= 15 is 0 Å². The zero-order valence-corrected chi connectivity index (χ0v) is 9.91. The fourth-order valence-electron chi connectivity index (χ4n) is 1.44. The molecule has 0 aromatic heterocycles. The minimum absolute atomic E-state index is 0.0781. The van der Waals surface area contributed by atoms with E-state index < -0.39 is 12.0 Å². The van der Waals surface area contributed by atoms with Crippen molar-refractivity contribution in [3.8, 4) is 0 Å². The van der Waals surface area contributed by atoms with Gasteiger partial charge in [-0.05, 0) is 18.8 Å². The molecular formula is C11H21NO3. The first-order valence-corrected chi connectivity index (χ1v) is 5.47. The molecule has 15 heavy (non-hydrogen) atoms. The summed E-state index contributed by atoms with van der Waals surface area (Å²) in [6.45, 7) is 7.43. The normalized spacial score (nSPS) is 12.9. The smallest absolute Gasteiger partial charge is 0.326 e. The number of carboxylic acid groups (broad SMARTS) is 1. The van der Waals surface area contributed by atoms with Gasteiger partial charge in [-0.25, -0.2) is 4.79 Å². The van der Waals surface area contributed by atoms with Crippen molar-refractivity contribution >= 4 is 11.9 Å². The molecule has 0 heterocycles. The molecule has 0 aliphatic rings. The van der Waals surface area contributed by atoms with Gasteiger partial charge in [-0.15, -0.1) is 0 Å². The van der Waals surface area contributed by atoms with Crippen LogP contribution in [-0.2, 0) is 9.59 Å². The minimum Gasteiger partial charge on any atom is -0.480 e. The fraction of sp³-hybridized carbons (Fsp3) is 0.818. The van der Waals surface area contributed by atoms with Crippen LogP contribution in [0.5, 0.6) is 0 Å². The Kier molecular flexibility index (Phi) is 5.97.